The third-order valence-corrected chi connectivity index (χ3v) is 1.44. The van der Waals surface area contributed by atoms with E-state index in [0.717, 1.165) is 0 Å². The van der Waals surface area contributed by atoms with Crippen molar-refractivity contribution in [2.75, 3.05) is 0 Å². The molecule has 0 heterocycles. The molecule has 4 nitrogen and oxygen atoms in total. The summed E-state index contributed by atoms with van der Waals surface area (Å²) in [6.07, 6.45) is -0.269. The Hall–Kier alpha value is -0.580. The van der Waals surface area contributed by atoms with E-state index >= 15 is 0 Å². The maximum Gasteiger partial charge on any atom is 0.305 e. The minimum atomic E-state index is -1.05. The summed E-state index contributed by atoms with van der Waals surface area (Å²) in [7, 11) is 0. The van der Waals surface area contributed by atoms with Crippen molar-refractivity contribution in [3.63, 3.8) is 0 Å². The fraction of sp³-hybridized carbons (Fsp3) is 0.500. The van der Waals surface area contributed by atoms with Crippen LogP contribution in [0.1, 0.15) is 6.42 Å². The molecular formula is C4H6BrNO3. The molecule has 0 radical (unpaired) electrons. The van der Waals surface area contributed by atoms with E-state index in [4.69, 9.17) is 10.8 Å². The molecule has 1 unspecified atom stereocenters. The number of halogens is 1. The molecule has 1 atom stereocenters. The summed E-state index contributed by atoms with van der Waals surface area (Å²) in [6.45, 7) is 0. The molecule has 0 saturated carbocycles. The summed E-state index contributed by atoms with van der Waals surface area (Å²) >= 11 is 2.79. The molecule has 0 spiro atoms. The Bertz CT molecular complexity index is 136. The highest BCUT2D eigenvalue weighted by Gasteiger charge is 2.13. The number of carbonyl (C=O) groups is 2. The monoisotopic (exact) mass is 195 g/mol. The Morgan fingerprint density at radius 2 is 2.11 bits per heavy atom. The molecule has 52 valence electrons. The summed E-state index contributed by atoms with van der Waals surface area (Å²) in [6, 6.07) is 0. The Labute approximate surface area is 60.2 Å². The first-order valence-corrected chi connectivity index (χ1v) is 3.10. The van der Waals surface area contributed by atoms with Crippen LogP contribution in [0.3, 0.4) is 0 Å². The minimum absolute atomic E-state index is 0.269. The van der Waals surface area contributed by atoms with Gasteiger partial charge in [-0.2, -0.15) is 0 Å². The van der Waals surface area contributed by atoms with Crippen molar-refractivity contribution in [3.8, 4) is 0 Å². The second-order valence-electron chi connectivity index (χ2n) is 1.47. The Morgan fingerprint density at radius 3 is 2.22 bits per heavy atom. The molecule has 0 aromatic rings. The molecule has 0 bridgehead atoms. The van der Waals surface area contributed by atoms with Crippen LogP contribution in [0.5, 0.6) is 0 Å². The van der Waals surface area contributed by atoms with E-state index in [0.29, 0.717) is 0 Å². The second kappa shape index (κ2) is 3.45. The molecule has 5 heteroatoms. The number of carboxylic acid groups (broad SMARTS) is 1. The van der Waals surface area contributed by atoms with Gasteiger partial charge in [-0.25, -0.2) is 0 Å². The fourth-order valence-corrected chi connectivity index (χ4v) is 0.531. The van der Waals surface area contributed by atoms with Gasteiger partial charge in [-0.15, -0.1) is 0 Å². The molecular weight excluding hydrogens is 190 g/mol. The molecule has 0 aliphatic heterocycles. The van der Waals surface area contributed by atoms with Gasteiger partial charge in [0.05, 0.1) is 6.42 Å². The number of carbonyl (C=O) groups excluding carboxylic acids is 1. The van der Waals surface area contributed by atoms with Crippen LogP contribution >= 0.6 is 15.9 Å². The van der Waals surface area contributed by atoms with E-state index < -0.39 is 16.7 Å². The van der Waals surface area contributed by atoms with E-state index in [1.165, 1.54) is 0 Å². The predicted octanol–water partition coefficient (Wildman–Crippen LogP) is -0.290. The van der Waals surface area contributed by atoms with Crippen molar-refractivity contribution < 1.29 is 14.7 Å². The lowest BCUT2D eigenvalue weighted by Gasteiger charge is -1.97. The molecule has 3 N–H and O–H groups in total. The third kappa shape index (κ3) is 3.96. The number of carboxylic acids is 1. The van der Waals surface area contributed by atoms with Crippen LogP contribution in [0, 0.1) is 0 Å². The number of hydrogen-bond acceptors (Lipinski definition) is 2. The molecule has 0 aromatic heterocycles. The van der Waals surface area contributed by atoms with E-state index in [2.05, 4.69) is 15.9 Å². The maximum atomic E-state index is 10.1. The van der Waals surface area contributed by atoms with Gasteiger partial charge in [0.25, 0.3) is 0 Å². The van der Waals surface area contributed by atoms with Crippen LogP contribution in [0.4, 0.5) is 0 Å². The first-order chi connectivity index (χ1) is 4.04. The van der Waals surface area contributed by atoms with Crippen molar-refractivity contribution in [2.24, 2.45) is 5.73 Å². The van der Waals surface area contributed by atoms with Gasteiger partial charge >= 0.3 is 5.97 Å². The van der Waals surface area contributed by atoms with Crippen molar-refractivity contribution >= 4 is 27.8 Å². The Morgan fingerprint density at radius 1 is 1.67 bits per heavy atom. The SMILES string of the molecule is NC(=O)C(Br)CC(=O)O. The normalized spacial score (nSPS) is 12.6. The number of amides is 1. The maximum absolute atomic E-state index is 10.1. The zero-order valence-corrected chi connectivity index (χ0v) is 6.09. The third-order valence-electron chi connectivity index (χ3n) is 0.663. The quantitative estimate of drug-likeness (QED) is 0.608. The van der Waals surface area contributed by atoms with Gasteiger partial charge in [0.2, 0.25) is 5.91 Å². The van der Waals surface area contributed by atoms with Gasteiger partial charge in [0.15, 0.2) is 0 Å². The molecule has 1 amide bonds. The lowest BCUT2D eigenvalue weighted by Crippen LogP contribution is -2.25. The van der Waals surface area contributed by atoms with Gasteiger partial charge in [-0.05, 0) is 0 Å². The standard InChI is InChI=1S/C4H6BrNO3/c5-2(4(6)9)1-3(7)8/h2H,1H2,(H2,6,9)(H,7,8). The van der Waals surface area contributed by atoms with Crippen LogP contribution in [-0.2, 0) is 9.59 Å². The largest absolute Gasteiger partial charge is 0.481 e. The van der Waals surface area contributed by atoms with E-state index in [1.54, 1.807) is 0 Å². The number of rotatable bonds is 3. The fourth-order valence-electron chi connectivity index (χ4n) is 0.254. The van der Waals surface area contributed by atoms with E-state index in [1.807, 2.05) is 0 Å². The van der Waals surface area contributed by atoms with Gasteiger partial charge in [-0.1, -0.05) is 15.9 Å². The number of aliphatic carboxylic acids is 1. The molecule has 0 aliphatic carbocycles. The summed E-state index contributed by atoms with van der Waals surface area (Å²) in [5.41, 5.74) is 4.74. The van der Waals surface area contributed by atoms with Gasteiger partial charge in [0.1, 0.15) is 4.83 Å². The van der Waals surface area contributed by atoms with Crippen LogP contribution in [0.15, 0.2) is 0 Å². The molecule has 9 heavy (non-hydrogen) atoms. The number of nitrogens with two attached hydrogens (primary N) is 1. The highest BCUT2D eigenvalue weighted by Crippen LogP contribution is 2.02. The van der Waals surface area contributed by atoms with Gasteiger partial charge < -0.3 is 10.8 Å². The van der Waals surface area contributed by atoms with E-state index in [-0.39, 0.29) is 6.42 Å². The first kappa shape index (κ1) is 8.42. The van der Waals surface area contributed by atoms with Crippen LogP contribution in [0.25, 0.3) is 0 Å². The highest BCUT2D eigenvalue weighted by molar-refractivity contribution is 9.10. The number of alkyl halides is 1. The Kier molecular flexibility index (Phi) is 3.22. The van der Waals surface area contributed by atoms with Crippen molar-refractivity contribution in [2.45, 2.75) is 11.2 Å². The van der Waals surface area contributed by atoms with Gasteiger partial charge in [-0.3, -0.25) is 9.59 Å². The highest BCUT2D eigenvalue weighted by atomic mass is 79.9. The summed E-state index contributed by atoms with van der Waals surface area (Å²) in [5, 5.41) is 8.10. The minimum Gasteiger partial charge on any atom is -0.481 e. The molecule has 0 aliphatic rings. The topological polar surface area (TPSA) is 80.4 Å². The number of hydrogen-bond donors (Lipinski definition) is 2. The van der Waals surface area contributed by atoms with Crippen molar-refractivity contribution in [3.05, 3.63) is 0 Å². The van der Waals surface area contributed by atoms with E-state index in [9.17, 15) is 9.59 Å². The second-order valence-corrected chi connectivity index (χ2v) is 2.57. The average molecular weight is 196 g/mol. The zero-order chi connectivity index (χ0) is 7.44. The van der Waals surface area contributed by atoms with Crippen molar-refractivity contribution in [1.29, 1.82) is 0 Å². The predicted molar refractivity (Wildman–Crippen MR) is 34.2 cm³/mol. The zero-order valence-electron chi connectivity index (χ0n) is 4.50. The van der Waals surface area contributed by atoms with Crippen LogP contribution in [0.2, 0.25) is 0 Å². The Balaban J connectivity index is 3.63. The molecule has 0 aromatic carbocycles. The summed E-state index contributed by atoms with van der Waals surface area (Å²) in [4.78, 5) is 19.3. The number of primary amides is 1. The molecule has 0 fully saturated rings. The smallest absolute Gasteiger partial charge is 0.305 e. The van der Waals surface area contributed by atoms with Crippen LogP contribution in [-0.4, -0.2) is 21.8 Å². The lowest BCUT2D eigenvalue weighted by molar-refractivity contribution is -0.138. The summed E-state index contributed by atoms with van der Waals surface area (Å²) < 4.78 is 0. The lowest BCUT2D eigenvalue weighted by atomic mass is 10.3. The molecule has 0 saturated heterocycles. The first-order valence-electron chi connectivity index (χ1n) is 2.19. The summed E-state index contributed by atoms with van der Waals surface area (Å²) in [5.74, 6) is -1.70. The van der Waals surface area contributed by atoms with Crippen molar-refractivity contribution in [1.82, 2.24) is 0 Å². The van der Waals surface area contributed by atoms with Gasteiger partial charge in [0, 0.05) is 0 Å². The molecule has 0 rings (SSSR count). The average Bonchev–Trinajstić information content (AvgIpc) is 1.63. The van der Waals surface area contributed by atoms with Crippen LogP contribution < -0.4 is 5.73 Å².